The molecule has 122 valence electrons. The van der Waals surface area contributed by atoms with Crippen molar-refractivity contribution in [2.24, 2.45) is 5.92 Å². The minimum absolute atomic E-state index is 0.0920. The molecule has 0 saturated carbocycles. The number of thioether (sulfide) groups is 1. The van der Waals surface area contributed by atoms with Gasteiger partial charge in [-0.25, -0.2) is 4.79 Å². The molecule has 1 saturated heterocycles. The van der Waals surface area contributed by atoms with Gasteiger partial charge in [-0.3, -0.25) is 0 Å². The Morgan fingerprint density at radius 3 is 2.77 bits per heavy atom. The fourth-order valence-electron chi connectivity index (χ4n) is 2.82. The maximum Gasteiger partial charge on any atom is 0.315 e. The zero-order valence-electron chi connectivity index (χ0n) is 13.6. The first-order valence-electron chi connectivity index (χ1n) is 7.85. The van der Waals surface area contributed by atoms with Crippen LogP contribution in [-0.2, 0) is 11.3 Å². The molecule has 1 aliphatic heterocycles. The van der Waals surface area contributed by atoms with E-state index in [1.807, 2.05) is 0 Å². The predicted molar refractivity (Wildman–Crippen MR) is 91.3 cm³/mol. The summed E-state index contributed by atoms with van der Waals surface area (Å²) in [5, 5.41) is 5.99. The van der Waals surface area contributed by atoms with Crippen LogP contribution in [0, 0.1) is 12.8 Å². The quantitative estimate of drug-likeness (QED) is 0.818. The number of carbonyl (C=O) groups excluding carboxylic acids is 1. The molecule has 0 aliphatic carbocycles. The number of ether oxygens (including phenoxy) is 1. The van der Waals surface area contributed by atoms with Crippen LogP contribution in [0.3, 0.4) is 0 Å². The second-order valence-electron chi connectivity index (χ2n) is 5.87. The number of carbonyl (C=O) groups is 1. The van der Waals surface area contributed by atoms with E-state index in [9.17, 15) is 4.79 Å². The molecule has 0 spiro atoms. The van der Waals surface area contributed by atoms with E-state index in [4.69, 9.17) is 4.74 Å². The number of amides is 2. The highest BCUT2D eigenvalue weighted by molar-refractivity contribution is 7.98. The lowest BCUT2D eigenvalue weighted by molar-refractivity contribution is 0.0571. The topological polar surface area (TPSA) is 50.4 Å². The normalized spacial score (nSPS) is 17.0. The van der Waals surface area contributed by atoms with E-state index in [1.165, 1.54) is 10.5 Å². The number of urea groups is 1. The second-order valence-corrected chi connectivity index (χ2v) is 6.72. The standard InChI is InChI=1S/C17H26N2O2S/c1-12-10-14(4-5-16(12)22-3)11-18-17(20)19-13(2)15-6-8-21-9-7-15/h4-5,10,13,15H,6-9,11H2,1-3H3,(H2,18,19,20)/t13-/m0/s1. The molecule has 22 heavy (non-hydrogen) atoms. The molecule has 2 amide bonds. The summed E-state index contributed by atoms with van der Waals surface area (Å²) < 4.78 is 5.36. The van der Waals surface area contributed by atoms with Crippen molar-refractivity contribution >= 4 is 17.8 Å². The van der Waals surface area contributed by atoms with E-state index in [-0.39, 0.29) is 12.1 Å². The Morgan fingerprint density at radius 1 is 1.41 bits per heavy atom. The first-order valence-corrected chi connectivity index (χ1v) is 9.08. The van der Waals surface area contributed by atoms with Gasteiger partial charge in [0.15, 0.2) is 0 Å². The van der Waals surface area contributed by atoms with Crippen LogP contribution in [-0.4, -0.2) is 31.5 Å². The van der Waals surface area contributed by atoms with Crippen LogP contribution < -0.4 is 10.6 Å². The summed E-state index contributed by atoms with van der Waals surface area (Å²) >= 11 is 1.74. The summed E-state index contributed by atoms with van der Waals surface area (Å²) in [5.41, 5.74) is 2.38. The van der Waals surface area contributed by atoms with E-state index in [1.54, 1.807) is 11.8 Å². The van der Waals surface area contributed by atoms with E-state index in [2.05, 4.69) is 48.9 Å². The molecule has 0 bridgehead atoms. The van der Waals surface area contributed by atoms with Crippen molar-refractivity contribution in [1.29, 1.82) is 0 Å². The lowest BCUT2D eigenvalue weighted by atomic mass is 9.93. The van der Waals surface area contributed by atoms with Gasteiger partial charge in [-0.2, -0.15) is 0 Å². The third-order valence-electron chi connectivity index (χ3n) is 4.24. The monoisotopic (exact) mass is 322 g/mol. The molecule has 1 aliphatic rings. The Kier molecular flexibility index (Phi) is 6.58. The molecular weight excluding hydrogens is 296 g/mol. The number of hydrogen-bond acceptors (Lipinski definition) is 3. The molecule has 1 fully saturated rings. The maximum absolute atomic E-state index is 12.0. The van der Waals surface area contributed by atoms with Crippen molar-refractivity contribution < 1.29 is 9.53 Å². The molecule has 5 heteroatoms. The molecule has 1 aromatic rings. The zero-order valence-corrected chi connectivity index (χ0v) is 14.5. The summed E-state index contributed by atoms with van der Waals surface area (Å²) in [7, 11) is 0. The lowest BCUT2D eigenvalue weighted by Crippen LogP contribution is -2.45. The third kappa shape index (κ3) is 4.92. The zero-order chi connectivity index (χ0) is 15.9. The number of aryl methyl sites for hydroxylation is 1. The molecule has 4 nitrogen and oxygen atoms in total. The molecule has 1 aromatic carbocycles. The summed E-state index contributed by atoms with van der Waals surface area (Å²) in [6, 6.07) is 6.41. The van der Waals surface area contributed by atoms with Crippen LogP contribution in [0.25, 0.3) is 0 Å². The van der Waals surface area contributed by atoms with Gasteiger partial charge in [0.2, 0.25) is 0 Å². The average Bonchev–Trinajstić information content (AvgIpc) is 2.54. The number of hydrogen-bond donors (Lipinski definition) is 2. The van der Waals surface area contributed by atoms with Crippen molar-refractivity contribution in [3.8, 4) is 0 Å². The minimum atomic E-state index is -0.0920. The van der Waals surface area contributed by atoms with Gasteiger partial charge in [0.1, 0.15) is 0 Å². The largest absolute Gasteiger partial charge is 0.381 e. The van der Waals surface area contributed by atoms with E-state index >= 15 is 0 Å². The minimum Gasteiger partial charge on any atom is -0.381 e. The Labute approximate surface area is 137 Å². The first-order chi connectivity index (χ1) is 10.6. The van der Waals surface area contributed by atoms with Crippen LogP contribution in [0.2, 0.25) is 0 Å². The Balaban J connectivity index is 1.78. The molecule has 0 unspecified atom stereocenters. The molecular formula is C17H26N2O2S. The van der Waals surface area contributed by atoms with Gasteiger partial charge in [0.25, 0.3) is 0 Å². The van der Waals surface area contributed by atoms with Crippen molar-refractivity contribution in [2.75, 3.05) is 19.5 Å². The summed E-state index contributed by atoms with van der Waals surface area (Å²) in [4.78, 5) is 13.3. The van der Waals surface area contributed by atoms with Gasteiger partial charge >= 0.3 is 6.03 Å². The SMILES string of the molecule is CSc1ccc(CNC(=O)N[C@@H](C)C2CCOCC2)cc1C. The highest BCUT2D eigenvalue weighted by atomic mass is 32.2. The van der Waals surface area contributed by atoms with Gasteiger partial charge in [0.05, 0.1) is 0 Å². The van der Waals surface area contributed by atoms with E-state index in [0.717, 1.165) is 31.6 Å². The maximum atomic E-state index is 12.0. The van der Waals surface area contributed by atoms with Crippen molar-refractivity contribution in [1.82, 2.24) is 10.6 Å². The van der Waals surface area contributed by atoms with Crippen LogP contribution in [0.4, 0.5) is 4.79 Å². The van der Waals surface area contributed by atoms with Gasteiger partial charge < -0.3 is 15.4 Å². The number of nitrogens with one attached hydrogen (secondary N) is 2. The predicted octanol–water partition coefficient (Wildman–Crippen LogP) is 3.33. The number of rotatable bonds is 5. The summed E-state index contributed by atoms with van der Waals surface area (Å²) in [6.45, 7) is 6.34. The lowest BCUT2D eigenvalue weighted by Gasteiger charge is -2.28. The average molecular weight is 322 g/mol. The van der Waals surface area contributed by atoms with Crippen LogP contribution in [0.5, 0.6) is 0 Å². The summed E-state index contributed by atoms with van der Waals surface area (Å²) in [5.74, 6) is 0.516. The Hall–Kier alpha value is -1.20. The van der Waals surface area contributed by atoms with Gasteiger partial charge in [-0.1, -0.05) is 12.1 Å². The van der Waals surface area contributed by atoms with Gasteiger partial charge in [-0.05, 0) is 56.1 Å². The van der Waals surface area contributed by atoms with Crippen molar-refractivity contribution in [2.45, 2.75) is 44.2 Å². The third-order valence-corrected chi connectivity index (χ3v) is 5.14. The Bertz CT molecular complexity index is 501. The smallest absolute Gasteiger partial charge is 0.315 e. The number of benzene rings is 1. The van der Waals surface area contributed by atoms with Crippen molar-refractivity contribution in [3.63, 3.8) is 0 Å². The Morgan fingerprint density at radius 2 is 2.14 bits per heavy atom. The highest BCUT2D eigenvalue weighted by Gasteiger charge is 2.21. The van der Waals surface area contributed by atoms with E-state index < -0.39 is 0 Å². The van der Waals surface area contributed by atoms with Gasteiger partial charge in [-0.15, -0.1) is 11.8 Å². The molecule has 0 radical (unpaired) electrons. The van der Waals surface area contributed by atoms with Gasteiger partial charge in [0, 0.05) is 30.7 Å². The first kappa shape index (κ1) is 17.2. The second kappa shape index (κ2) is 8.44. The molecule has 1 heterocycles. The molecule has 0 aromatic heterocycles. The summed E-state index contributed by atoms with van der Waals surface area (Å²) in [6.07, 6.45) is 4.12. The fourth-order valence-corrected chi connectivity index (χ4v) is 3.41. The van der Waals surface area contributed by atoms with Crippen LogP contribution in [0.1, 0.15) is 30.9 Å². The van der Waals surface area contributed by atoms with E-state index in [0.29, 0.717) is 12.5 Å². The van der Waals surface area contributed by atoms with Crippen LogP contribution >= 0.6 is 11.8 Å². The fraction of sp³-hybridized carbons (Fsp3) is 0.588. The molecule has 2 rings (SSSR count). The highest BCUT2D eigenvalue weighted by Crippen LogP contribution is 2.21. The molecule has 1 atom stereocenters. The van der Waals surface area contributed by atoms with Crippen molar-refractivity contribution in [3.05, 3.63) is 29.3 Å². The molecule has 2 N–H and O–H groups in total. The van der Waals surface area contributed by atoms with Crippen LogP contribution in [0.15, 0.2) is 23.1 Å².